The van der Waals surface area contributed by atoms with E-state index in [9.17, 15) is 0 Å². The summed E-state index contributed by atoms with van der Waals surface area (Å²) in [6.45, 7) is 5.29. The summed E-state index contributed by atoms with van der Waals surface area (Å²) in [5, 5.41) is 3.43. The third kappa shape index (κ3) is 1.95. The Labute approximate surface area is 108 Å². The number of fused-ring (bicyclic) bond motifs is 1. The highest BCUT2D eigenvalue weighted by Crippen LogP contribution is 2.27. The van der Waals surface area contributed by atoms with Crippen molar-refractivity contribution < 1.29 is 0 Å². The molecule has 0 atom stereocenters. The molecule has 1 aromatic heterocycles. The molecule has 1 aliphatic heterocycles. The van der Waals surface area contributed by atoms with Crippen molar-refractivity contribution in [1.82, 2.24) is 14.9 Å². The standard InChI is InChI=1S/C15H19N3/c1-2-9-18-10-8-17-15(18)14-5-3-4-12-11-16-7-6-13(12)14/h3-5,8,10,16H,2,6-7,9,11H2,1H3. The smallest absolute Gasteiger partial charge is 0.140 e. The summed E-state index contributed by atoms with van der Waals surface area (Å²) < 4.78 is 2.26. The van der Waals surface area contributed by atoms with Gasteiger partial charge >= 0.3 is 0 Å². The summed E-state index contributed by atoms with van der Waals surface area (Å²) in [6, 6.07) is 6.57. The number of nitrogens with one attached hydrogen (secondary N) is 1. The van der Waals surface area contributed by atoms with E-state index in [1.807, 2.05) is 6.20 Å². The number of rotatable bonds is 3. The van der Waals surface area contributed by atoms with Crippen LogP contribution in [0.4, 0.5) is 0 Å². The molecule has 0 bridgehead atoms. The molecule has 0 fully saturated rings. The van der Waals surface area contributed by atoms with Gasteiger partial charge in [0.2, 0.25) is 0 Å². The molecule has 0 amide bonds. The summed E-state index contributed by atoms with van der Waals surface area (Å²) >= 11 is 0. The molecule has 0 unspecified atom stereocenters. The van der Waals surface area contributed by atoms with E-state index in [0.29, 0.717) is 0 Å². The molecule has 3 nitrogen and oxygen atoms in total. The minimum Gasteiger partial charge on any atom is -0.331 e. The predicted octanol–water partition coefficient (Wildman–Crippen LogP) is 2.61. The molecule has 3 rings (SSSR count). The van der Waals surface area contributed by atoms with Gasteiger partial charge in [-0.15, -0.1) is 0 Å². The van der Waals surface area contributed by atoms with Gasteiger partial charge in [-0.05, 0) is 30.5 Å². The summed E-state index contributed by atoms with van der Waals surface area (Å²) in [5.74, 6) is 1.12. The largest absolute Gasteiger partial charge is 0.331 e. The summed E-state index contributed by atoms with van der Waals surface area (Å²) in [6.07, 6.45) is 6.23. The van der Waals surface area contributed by atoms with Crippen LogP contribution in [0.15, 0.2) is 30.6 Å². The monoisotopic (exact) mass is 241 g/mol. The minimum atomic E-state index is 0.984. The van der Waals surface area contributed by atoms with Crippen LogP contribution in [-0.4, -0.2) is 16.1 Å². The van der Waals surface area contributed by atoms with Gasteiger partial charge in [0, 0.05) is 31.0 Å². The number of nitrogens with zero attached hydrogens (tertiary/aromatic N) is 2. The molecule has 3 heteroatoms. The lowest BCUT2D eigenvalue weighted by molar-refractivity contribution is 0.642. The molecule has 2 aromatic rings. The minimum absolute atomic E-state index is 0.984. The van der Waals surface area contributed by atoms with Gasteiger partial charge in [0.05, 0.1) is 0 Å². The Bertz CT molecular complexity index is 542. The molecule has 0 spiro atoms. The van der Waals surface area contributed by atoms with E-state index in [1.54, 1.807) is 0 Å². The second kappa shape index (κ2) is 4.94. The van der Waals surface area contributed by atoms with Crippen LogP contribution in [0.1, 0.15) is 24.5 Å². The molecule has 1 aliphatic rings. The van der Waals surface area contributed by atoms with Crippen molar-refractivity contribution in [3.8, 4) is 11.4 Å². The first-order chi connectivity index (χ1) is 8.90. The molecule has 1 aromatic carbocycles. The molecule has 0 saturated carbocycles. The van der Waals surface area contributed by atoms with Crippen LogP contribution < -0.4 is 5.32 Å². The summed E-state index contributed by atoms with van der Waals surface area (Å²) in [4.78, 5) is 4.56. The number of hydrogen-bond donors (Lipinski definition) is 1. The van der Waals surface area contributed by atoms with Crippen LogP contribution in [0.3, 0.4) is 0 Å². The predicted molar refractivity (Wildman–Crippen MR) is 73.4 cm³/mol. The third-order valence-corrected chi connectivity index (χ3v) is 3.56. The highest BCUT2D eigenvalue weighted by atomic mass is 15.1. The van der Waals surface area contributed by atoms with Crippen LogP contribution in [0.25, 0.3) is 11.4 Å². The van der Waals surface area contributed by atoms with Gasteiger partial charge in [0.1, 0.15) is 5.82 Å². The third-order valence-electron chi connectivity index (χ3n) is 3.56. The first-order valence-electron chi connectivity index (χ1n) is 6.73. The van der Waals surface area contributed by atoms with Crippen molar-refractivity contribution in [1.29, 1.82) is 0 Å². The second-order valence-electron chi connectivity index (χ2n) is 4.81. The topological polar surface area (TPSA) is 29.9 Å². The fourth-order valence-corrected chi connectivity index (χ4v) is 2.72. The SMILES string of the molecule is CCCn1ccnc1-c1cccc2c1CCNC2. The molecule has 0 aliphatic carbocycles. The fraction of sp³-hybridized carbons (Fsp3) is 0.400. The van der Waals surface area contributed by atoms with Crippen LogP contribution in [0.2, 0.25) is 0 Å². The Morgan fingerprint density at radius 1 is 1.39 bits per heavy atom. The molecule has 0 saturated heterocycles. The normalized spacial score (nSPS) is 14.5. The average molecular weight is 241 g/mol. The van der Waals surface area contributed by atoms with Gasteiger partial charge in [-0.1, -0.05) is 25.1 Å². The maximum Gasteiger partial charge on any atom is 0.140 e. The van der Waals surface area contributed by atoms with Crippen molar-refractivity contribution in [3.63, 3.8) is 0 Å². The Morgan fingerprint density at radius 2 is 2.33 bits per heavy atom. The Balaban J connectivity index is 2.08. The zero-order valence-electron chi connectivity index (χ0n) is 10.8. The molecule has 0 radical (unpaired) electrons. The van der Waals surface area contributed by atoms with Crippen LogP contribution >= 0.6 is 0 Å². The van der Waals surface area contributed by atoms with E-state index in [0.717, 1.165) is 38.3 Å². The first kappa shape index (κ1) is 11.5. The van der Waals surface area contributed by atoms with Gasteiger partial charge in [0.25, 0.3) is 0 Å². The highest BCUT2D eigenvalue weighted by molar-refractivity contribution is 5.63. The summed E-state index contributed by atoms with van der Waals surface area (Å²) in [5.41, 5.74) is 4.21. The molecule has 1 N–H and O–H groups in total. The number of hydrogen-bond acceptors (Lipinski definition) is 2. The fourth-order valence-electron chi connectivity index (χ4n) is 2.72. The van der Waals surface area contributed by atoms with Gasteiger partial charge in [-0.25, -0.2) is 4.98 Å². The van der Waals surface area contributed by atoms with Crippen molar-refractivity contribution in [2.24, 2.45) is 0 Å². The molecular weight excluding hydrogens is 222 g/mol. The first-order valence-corrected chi connectivity index (χ1v) is 6.73. The lowest BCUT2D eigenvalue weighted by atomic mass is 9.95. The number of imidazole rings is 1. The van der Waals surface area contributed by atoms with E-state index in [1.165, 1.54) is 16.7 Å². The van der Waals surface area contributed by atoms with Crippen LogP contribution in [-0.2, 0) is 19.5 Å². The average Bonchev–Trinajstić information content (AvgIpc) is 2.87. The van der Waals surface area contributed by atoms with Gasteiger partial charge in [-0.3, -0.25) is 0 Å². The lowest BCUT2D eigenvalue weighted by Crippen LogP contribution is -2.24. The zero-order valence-corrected chi connectivity index (χ0v) is 10.8. The second-order valence-corrected chi connectivity index (χ2v) is 4.81. The molecular formula is C15H19N3. The van der Waals surface area contributed by atoms with Crippen molar-refractivity contribution in [3.05, 3.63) is 41.7 Å². The maximum atomic E-state index is 4.56. The van der Waals surface area contributed by atoms with E-state index < -0.39 is 0 Å². The molecule has 18 heavy (non-hydrogen) atoms. The lowest BCUT2D eigenvalue weighted by Gasteiger charge is -2.20. The van der Waals surface area contributed by atoms with Crippen molar-refractivity contribution >= 4 is 0 Å². The van der Waals surface area contributed by atoms with Crippen LogP contribution in [0, 0.1) is 0 Å². The van der Waals surface area contributed by atoms with Gasteiger partial charge < -0.3 is 9.88 Å². The maximum absolute atomic E-state index is 4.56. The molecule has 2 heterocycles. The van der Waals surface area contributed by atoms with E-state index in [-0.39, 0.29) is 0 Å². The Kier molecular flexibility index (Phi) is 3.15. The van der Waals surface area contributed by atoms with Crippen molar-refractivity contribution in [2.75, 3.05) is 6.54 Å². The van der Waals surface area contributed by atoms with Crippen molar-refractivity contribution in [2.45, 2.75) is 32.9 Å². The molecule has 94 valence electrons. The van der Waals surface area contributed by atoms with Gasteiger partial charge in [0.15, 0.2) is 0 Å². The number of benzene rings is 1. The zero-order chi connectivity index (χ0) is 12.4. The number of aromatic nitrogens is 2. The Morgan fingerprint density at radius 3 is 3.22 bits per heavy atom. The van der Waals surface area contributed by atoms with E-state index in [2.05, 4.69) is 46.2 Å². The quantitative estimate of drug-likeness (QED) is 0.895. The van der Waals surface area contributed by atoms with Gasteiger partial charge in [-0.2, -0.15) is 0 Å². The number of aryl methyl sites for hydroxylation is 1. The van der Waals surface area contributed by atoms with Crippen LogP contribution in [0.5, 0.6) is 0 Å². The summed E-state index contributed by atoms with van der Waals surface area (Å²) in [7, 11) is 0. The highest BCUT2D eigenvalue weighted by Gasteiger charge is 2.16. The Hall–Kier alpha value is -1.61. The van der Waals surface area contributed by atoms with E-state index in [4.69, 9.17) is 0 Å². The van der Waals surface area contributed by atoms with E-state index >= 15 is 0 Å².